The second-order valence-corrected chi connectivity index (χ2v) is 9.82. The molecule has 1 N–H and O–H groups in total. The van der Waals surface area contributed by atoms with Gasteiger partial charge in [0, 0.05) is 36.7 Å². The van der Waals surface area contributed by atoms with E-state index >= 15 is 0 Å². The first-order valence-electron chi connectivity index (χ1n) is 11.6. The number of hydrogen-bond acceptors (Lipinski definition) is 5. The van der Waals surface area contributed by atoms with Crippen molar-refractivity contribution in [1.29, 1.82) is 0 Å². The number of rotatable bonds is 6. The van der Waals surface area contributed by atoms with Crippen molar-refractivity contribution < 1.29 is 13.2 Å². The first kappa shape index (κ1) is 25.9. The second kappa shape index (κ2) is 11.6. The molecular formula is C25H32F3N5S. The van der Waals surface area contributed by atoms with Crippen molar-refractivity contribution in [1.82, 2.24) is 15.0 Å². The van der Waals surface area contributed by atoms with Gasteiger partial charge in [-0.15, -0.1) is 0 Å². The summed E-state index contributed by atoms with van der Waals surface area (Å²) >= 11 is 0. The first-order valence-corrected chi connectivity index (χ1v) is 13.3. The van der Waals surface area contributed by atoms with Gasteiger partial charge in [-0.2, -0.15) is 10.5 Å². The monoisotopic (exact) mass is 491 g/mol. The van der Waals surface area contributed by atoms with Crippen LogP contribution in [0.25, 0.3) is 11.0 Å². The Hall–Kier alpha value is -2.68. The van der Waals surface area contributed by atoms with E-state index in [1.165, 1.54) is 12.1 Å². The topological polar surface area (TPSA) is 53.9 Å². The molecule has 1 aromatic carbocycles. The Labute approximate surface area is 201 Å². The summed E-state index contributed by atoms with van der Waals surface area (Å²) in [7, 11) is 0.202. The molecule has 5 nitrogen and oxygen atoms in total. The highest BCUT2D eigenvalue weighted by Gasteiger charge is 2.20. The SMILES string of the molecule is C=S1CCN(c2cc3c(NCc4cccc(C(F)F)c4F)nc(C)nc3nc2CC)CC1.CC. The maximum atomic E-state index is 14.5. The molecule has 0 amide bonds. The van der Waals surface area contributed by atoms with Gasteiger partial charge in [0.15, 0.2) is 5.65 Å². The standard InChI is InChI=1S/C23H26F3N5S.C2H6/c1-4-18-19(31-8-10-32(3)11-9-31)12-17-22(28-14(2)29-23(17)30-18)27-13-15-6-5-7-16(20(15)24)21(25)26;1-2/h5-7,12,21H,3-4,8-11,13H2,1-2H3,(H,27,28,29,30);1-2H3. The van der Waals surface area contributed by atoms with Crippen LogP contribution in [0.5, 0.6) is 0 Å². The average molecular weight is 492 g/mol. The van der Waals surface area contributed by atoms with E-state index in [1.807, 2.05) is 19.9 Å². The smallest absolute Gasteiger partial charge is 0.266 e. The van der Waals surface area contributed by atoms with Crippen molar-refractivity contribution in [3.8, 4) is 0 Å². The van der Waals surface area contributed by atoms with Crippen molar-refractivity contribution in [2.24, 2.45) is 0 Å². The molecule has 0 aliphatic carbocycles. The van der Waals surface area contributed by atoms with Crippen molar-refractivity contribution in [3.63, 3.8) is 0 Å². The molecule has 1 fully saturated rings. The molecule has 0 unspecified atom stereocenters. The van der Waals surface area contributed by atoms with Crippen molar-refractivity contribution in [2.75, 3.05) is 34.8 Å². The van der Waals surface area contributed by atoms with Crippen LogP contribution < -0.4 is 10.2 Å². The number of aryl methyl sites for hydroxylation is 2. The van der Waals surface area contributed by atoms with E-state index in [0.29, 0.717) is 17.3 Å². The normalized spacial score (nSPS) is 14.3. The highest BCUT2D eigenvalue weighted by atomic mass is 32.2. The van der Waals surface area contributed by atoms with Crippen LogP contribution >= 0.6 is 10.5 Å². The molecule has 0 spiro atoms. The minimum atomic E-state index is -2.86. The molecule has 0 bridgehead atoms. The van der Waals surface area contributed by atoms with E-state index < -0.39 is 17.8 Å². The van der Waals surface area contributed by atoms with Gasteiger partial charge in [-0.3, -0.25) is 0 Å². The summed E-state index contributed by atoms with van der Waals surface area (Å²) in [6.07, 6.45) is -2.09. The fourth-order valence-electron chi connectivity index (χ4n) is 3.88. The number of benzene rings is 1. The van der Waals surface area contributed by atoms with Gasteiger partial charge < -0.3 is 10.2 Å². The Kier molecular flexibility index (Phi) is 8.88. The summed E-state index contributed by atoms with van der Waals surface area (Å²) in [6, 6.07) is 6.07. The predicted molar refractivity (Wildman–Crippen MR) is 138 cm³/mol. The van der Waals surface area contributed by atoms with Crippen LogP contribution in [0.4, 0.5) is 24.7 Å². The zero-order valence-electron chi connectivity index (χ0n) is 20.2. The minimum absolute atomic E-state index is 0.0246. The van der Waals surface area contributed by atoms with Crippen LogP contribution in [0.3, 0.4) is 0 Å². The van der Waals surface area contributed by atoms with E-state index in [1.54, 1.807) is 6.92 Å². The Morgan fingerprint density at radius 3 is 2.50 bits per heavy atom. The van der Waals surface area contributed by atoms with Gasteiger partial charge in [-0.1, -0.05) is 44.8 Å². The lowest BCUT2D eigenvalue weighted by molar-refractivity contribution is 0.146. The van der Waals surface area contributed by atoms with Gasteiger partial charge in [-0.05, 0) is 19.4 Å². The Morgan fingerprint density at radius 2 is 1.85 bits per heavy atom. The van der Waals surface area contributed by atoms with Crippen LogP contribution in [0.15, 0.2) is 24.3 Å². The molecule has 4 rings (SSSR count). The third kappa shape index (κ3) is 5.68. The predicted octanol–water partition coefficient (Wildman–Crippen LogP) is 6.13. The van der Waals surface area contributed by atoms with Crippen LogP contribution in [-0.4, -0.2) is 45.4 Å². The van der Waals surface area contributed by atoms with Crippen molar-refractivity contribution in [2.45, 2.75) is 47.1 Å². The summed E-state index contributed by atoms with van der Waals surface area (Å²) in [5.74, 6) is 6.45. The quantitative estimate of drug-likeness (QED) is 0.420. The summed E-state index contributed by atoms with van der Waals surface area (Å²) in [6.45, 7) is 9.71. The zero-order chi connectivity index (χ0) is 24.8. The molecule has 184 valence electrons. The number of nitrogens with zero attached hydrogens (tertiary/aromatic N) is 4. The summed E-state index contributed by atoms with van der Waals surface area (Å²) in [5, 5.41) is 3.85. The number of fused-ring (bicyclic) bond motifs is 1. The maximum absolute atomic E-state index is 14.5. The van der Waals surface area contributed by atoms with Gasteiger partial charge in [0.25, 0.3) is 6.43 Å². The number of pyridine rings is 1. The number of hydrogen-bond donors (Lipinski definition) is 1. The Bertz CT molecular complexity index is 1160. The van der Waals surface area contributed by atoms with E-state index in [2.05, 4.69) is 33.0 Å². The van der Waals surface area contributed by atoms with Crippen LogP contribution in [-0.2, 0) is 13.0 Å². The average Bonchev–Trinajstić information content (AvgIpc) is 2.84. The lowest BCUT2D eigenvalue weighted by atomic mass is 10.1. The van der Waals surface area contributed by atoms with Crippen molar-refractivity contribution in [3.05, 3.63) is 52.7 Å². The number of anilines is 2. The van der Waals surface area contributed by atoms with Gasteiger partial charge in [0.2, 0.25) is 0 Å². The fraction of sp³-hybridized carbons (Fsp3) is 0.440. The van der Waals surface area contributed by atoms with Crippen LogP contribution in [0.2, 0.25) is 0 Å². The zero-order valence-corrected chi connectivity index (χ0v) is 21.0. The molecule has 9 heteroatoms. The number of aromatic nitrogens is 3. The Balaban J connectivity index is 0.00000158. The summed E-state index contributed by atoms with van der Waals surface area (Å²) in [5.41, 5.74) is 2.15. The van der Waals surface area contributed by atoms with Gasteiger partial charge >= 0.3 is 0 Å². The van der Waals surface area contributed by atoms with Gasteiger partial charge in [-0.25, -0.2) is 28.1 Å². The maximum Gasteiger partial charge on any atom is 0.266 e. The molecule has 0 atom stereocenters. The van der Waals surface area contributed by atoms with E-state index in [4.69, 9.17) is 4.98 Å². The lowest BCUT2D eigenvalue weighted by Crippen LogP contribution is -2.34. The molecule has 3 aromatic rings. The minimum Gasteiger partial charge on any atom is -0.368 e. The molecule has 0 saturated carbocycles. The summed E-state index contributed by atoms with van der Waals surface area (Å²) in [4.78, 5) is 16.1. The third-order valence-electron chi connectivity index (χ3n) is 5.62. The van der Waals surface area contributed by atoms with Gasteiger partial charge in [0.05, 0.1) is 22.3 Å². The van der Waals surface area contributed by atoms with Crippen molar-refractivity contribution >= 4 is 38.9 Å². The molecule has 1 aliphatic rings. The largest absolute Gasteiger partial charge is 0.368 e. The van der Waals surface area contributed by atoms with Gasteiger partial charge in [0.1, 0.15) is 17.5 Å². The third-order valence-corrected chi connectivity index (χ3v) is 7.14. The van der Waals surface area contributed by atoms with Crippen LogP contribution in [0.1, 0.15) is 49.8 Å². The van der Waals surface area contributed by atoms with E-state index in [-0.39, 0.29) is 22.6 Å². The molecule has 0 radical (unpaired) electrons. The Morgan fingerprint density at radius 1 is 1.15 bits per heavy atom. The van der Waals surface area contributed by atoms with E-state index in [9.17, 15) is 13.2 Å². The second-order valence-electron chi connectivity index (χ2n) is 7.78. The molecule has 1 aliphatic heterocycles. The van der Waals surface area contributed by atoms with Crippen LogP contribution in [0, 0.1) is 12.7 Å². The number of alkyl halides is 2. The molecule has 3 heterocycles. The highest BCUT2D eigenvalue weighted by Crippen LogP contribution is 2.31. The molecular weight excluding hydrogens is 459 g/mol. The molecule has 2 aromatic heterocycles. The molecule has 1 saturated heterocycles. The number of nitrogens with one attached hydrogen (secondary N) is 1. The summed E-state index contributed by atoms with van der Waals surface area (Å²) < 4.78 is 40.6. The highest BCUT2D eigenvalue weighted by molar-refractivity contribution is 8.14. The van der Waals surface area contributed by atoms with E-state index in [0.717, 1.165) is 53.8 Å². The first-order chi connectivity index (χ1) is 16.4. The fourth-order valence-corrected chi connectivity index (χ4v) is 5.04. The lowest BCUT2D eigenvalue weighted by Gasteiger charge is -2.32. The molecule has 34 heavy (non-hydrogen) atoms. The number of halogens is 3.